The number of tetrazole rings is 1. The molecule has 200 valence electrons. The standard InChI is InChI=1S/C30H31FN6O2/c1-3-28(29-33-34-35-37(29)19-22-9-11-25(31)12-10-22)36(16-15-21-7-5-4-6-8-21)20-24-17-23-18-26(39-2)13-14-27(23)32-30(24)38/h4-14,17-18,28H,3,15-16,19-20H2,1-2H3,(H,32,38). The number of aromatic nitrogens is 5. The van der Waals surface area contributed by atoms with Crippen LogP contribution in [-0.4, -0.2) is 43.7 Å². The lowest BCUT2D eigenvalue weighted by Crippen LogP contribution is -2.34. The molecule has 0 aliphatic carbocycles. The van der Waals surface area contributed by atoms with Gasteiger partial charge in [0.1, 0.15) is 11.6 Å². The van der Waals surface area contributed by atoms with Crippen molar-refractivity contribution in [3.63, 3.8) is 0 Å². The van der Waals surface area contributed by atoms with Gasteiger partial charge in [-0.3, -0.25) is 9.69 Å². The van der Waals surface area contributed by atoms with E-state index in [9.17, 15) is 9.18 Å². The van der Waals surface area contributed by atoms with E-state index in [-0.39, 0.29) is 17.4 Å². The summed E-state index contributed by atoms with van der Waals surface area (Å²) in [6.07, 6.45) is 1.54. The molecule has 39 heavy (non-hydrogen) atoms. The van der Waals surface area contributed by atoms with Crippen molar-refractivity contribution in [2.75, 3.05) is 13.7 Å². The Morgan fingerprint density at radius 3 is 2.56 bits per heavy atom. The van der Waals surface area contributed by atoms with Gasteiger partial charge in [0.15, 0.2) is 5.82 Å². The van der Waals surface area contributed by atoms with Crippen LogP contribution in [0.5, 0.6) is 5.75 Å². The number of nitrogens with zero attached hydrogens (tertiary/aromatic N) is 5. The Hall–Kier alpha value is -4.37. The number of benzene rings is 3. The van der Waals surface area contributed by atoms with Gasteiger partial charge in [0.2, 0.25) is 0 Å². The molecule has 8 nitrogen and oxygen atoms in total. The summed E-state index contributed by atoms with van der Waals surface area (Å²) in [5, 5.41) is 13.5. The molecule has 1 N–H and O–H groups in total. The second kappa shape index (κ2) is 12.0. The number of fused-ring (bicyclic) bond motifs is 1. The molecule has 1 unspecified atom stereocenters. The highest BCUT2D eigenvalue weighted by Crippen LogP contribution is 2.26. The molecule has 5 aromatic rings. The predicted molar refractivity (Wildman–Crippen MR) is 148 cm³/mol. The first-order chi connectivity index (χ1) is 19.0. The van der Waals surface area contributed by atoms with Gasteiger partial charge in [-0.15, -0.1) is 5.10 Å². The number of rotatable bonds is 11. The topological polar surface area (TPSA) is 88.9 Å². The zero-order valence-corrected chi connectivity index (χ0v) is 22.0. The predicted octanol–water partition coefficient (Wildman–Crippen LogP) is 4.91. The van der Waals surface area contributed by atoms with Gasteiger partial charge in [-0.2, -0.15) is 0 Å². The smallest absolute Gasteiger partial charge is 0.252 e. The van der Waals surface area contributed by atoms with E-state index in [0.717, 1.165) is 35.1 Å². The fraction of sp³-hybridized carbons (Fsp3) is 0.267. The van der Waals surface area contributed by atoms with E-state index in [4.69, 9.17) is 4.74 Å². The van der Waals surface area contributed by atoms with Crippen LogP contribution in [0.3, 0.4) is 0 Å². The third-order valence-corrected chi connectivity index (χ3v) is 6.96. The third-order valence-electron chi connectivity index (χ3n) is 6.96. The Bertz CT molecular complexity index is 1580. The van der Waals surface area contributed by atoms with Gasteiger partial charge in [-0.25, -0.2) is 9.07 Å². The van der Waals surface area contributed by atoms with E-state index >= 15 is 0 Å². The highest BCUT2D eigenvalue weighted by Gasteiger charge is 2.26. The van der Waals surface area contributed by atoms with Crippen LogP contribution >= 0.6 is 0 Å². The molecule has 0 saturated carbocycles. The van der Waals surface area contributed by atoms with Crippen LogP contribution < -0.4 is 10.3 Å². The van der Waals surface area contributed by atoms with Crippen LogP contribution in [0.25, 0.3) is 10.9 Å². The highest BCUT2D eigenvalue weighted by atomic mass is 19.1. The zero-order valence-electron chi connectivity index (χ0n) is 22.0. The molecule has 1 atom stereocenters. The maximum atomic E-state index is 13.4. The summed E-state index contributed by atoms with van der Waals surface area (Å²) in [6.45, 7) is 3.62. The molecule has 5 rings (SSSR count). The van der Waals surface area contributed by atoms with E-state index in [1.54, 1.807) is 23.9 Å². The lowest BCUT2D eigenvalue weighted by atomic mass is 10.1. The van der Waals surface area contributed by atoms with Crippen LogP contribution in [0.15, 0.2) is 83.7 Å². The molecule has 2 heterocycles. The second-order valence-corrected chi connectivity index (χ2v) is 9.53. The van der Waals surface area contributed by atoms with E-state index in [0.29, 0.717) is 31.0 Å². The van der Waals surface area contributed by atoms with E-state index in [1.807, 2.05) is 42.5 Å². The number of nitrogens with one attached hydrogen (secondary N) is 1. The van der Waals surface area contributed by atoms with Crippen molar-refractivity contribution in [1.82, 2.24) is 30.1 Å². The number of ether oxygens (including phenoxy) is 1. The highest BCUT2D eigenvalue weighted by molar-refractivity contribution is 5.80. The van der Waals surface area contributed by atoms with Crippen molar-refractivity contribution in [2.45, 2.75) is 38.9 Å². The van der Waals surface area contributed by atoms with E-state index in [2.05, 4.69) is 44.5 Å². The molecule has 9 heteroatoms. The number of hydrogen-bond acceptors (Lipinski definition) is 6. The van der Waals surface area contributed by atoms with Gasteiger partial charge in [-0.05, 0) is 70.8 Å². The monoisotopic (exact) mass is 526 g/mol. The largest absolute Gasteiger partial charge is 0.497 e. The molecule has 0 aliphatic rings. The first-order valence-corrected chi connectivity index (χ1v) is 13.0. The van der Waals surface area contributed by atoms with Crippen LogP contribution in [0.1, 0.15) is 41.9 Å². The Labute approximate surface area is 226 Å². The third kappa shape index (κ3) is 6.21. The molecule has 0 radical (unpaired) electrons. The van der Waals surface area contributed by atoms with Gasteiger partial charge in [0.05, 0.1) is 19.7 Å². The molecular formula is C30H31FN6O2. The van der Waals surface area contributed by atoms with Gasteiger partial charge in [0.25, 0.3) is 5.56 Å². The SMILES string of the molecule is CCC(c1nnnn1Cc1ccc(F)cc1)N(CCc1ccccc1)Cc1cc2cc(OC)ccc2[nH]c1=O. The lowest BCUT2D eigenvalue weighted by molar-refractivity contribution is 0.172. The number of halogens is 1. The van der Waals surface area contributed by atoms with Crippen LogP contribution in [0.2, 0.25) is 0 Å². The summed E-state index contributed by atoms with van der Waals surface area (Å²) in [4.78, 5) is 18.4. The Balaban J connectivity index is 1.48. The molecule has 0 spiro atoms. The fourth-order valence-electron chi connectivity index (χ4n) is 4.89. The molecule has 3 aromatic carbocycles. The first kappa shape index (κ1) is 26.2. The van der Waals surface area contributed by atoms with Crippen molar-refractivity contribution in [3.05, 3.63) is 118 Å². The van der Waals surface area contributed by atoms with Crippen LogP contribution in [0.4, 0.5) is 4.39 Å². The minimum Gasteiger partial charge on any atom is -0.497 e. The summed E-state index contributed by atoms with van der Waals surface area (Å²) in [7, 11) is 1.63. The summed E-state index contributed by atoms with van der Waals surface area (Å²) in [6, 6.07) is 24.0. The van der Waals surface area contributed by atoms with Crippen LogP contribution in [-0.2, 0) is 19.5 Å². The van der Waals surface area contributed by atoms with Gasteiger partial charge >= 0.3 is 0 Å². The quantitative estimate of drug-likeness (QED) is 0.263. The van der Waals surface area contributed by atoms with Crippen LogP contribution in [0, 0.1) is 5.82 Å². The number of pyridine rings is 1. The number of aromatic amines is 1. The molecule has 0 amide bonds. The van der Waals surface area contributed by atoms with Crippen molar-refractivity contribution in [1.29, 1.82) is 0 Å². The second-order valence-electron chi connectivity index (χ2n) is 9.53. The Morgan fingerprint density at radius 2 is 1.82 bits per heavy atom. The molecule has 0 saturated heterocycles. The van der Waals surface area contributed by atoms with Crippen molar-refractivity contribution in [3.8, 4) is 5.75 Å². The molecule has 2 aromatic heterocycles. The average Bonchev–Trinajstić information content (AvgIpc) is 3.41. The Morgan fingerprint density at radius 1 is 1.03 bits per heavy atom. The summed E-state index contributed by atoms with van der Waals surface area (Å²) >= 11 is 0. The molecule has 0 bridgehead atoms. The molecule has 0 fully saturated rings. The fourth-order valence-corrected chi connectivity index (χ4v) is 4.89. The van der Waals surface area contributed by atoms with Crippen molar-refractivity contribution in [2.24, 2.45) is 0 Å². The number of H-pyrrole nitrogens is 1. The van der Waals surface area contributed by atoms with Gasteiger partial charge in [-0.1, -0.05) is 49.4 Å². The first-order valence-electron chi connectivity index (χ1n) is 13.0. The van der Waals surface area contributed by atoms with E-state index < -0.39 is 0 Å². The van der Waals surface area contributed by atoms with Gasteiger partial charge < -0.3 is 9.72 Å². The summed E-state index contributed by atoms with van der Waals surface area (Å²) in [5.74, 6) is 1.15. The maximum Gasteiger partial charge on any atom is 0.252 e. The Kier molecular flexibility index (Phi) is 8.07. The van der Waals surface area contributed by atoms with Crippen molar-refractivity contribution < 1.29 is 9.13 Å². The summed E-state index contributed by atoms with van der Waals surface area (Å²) < 4.78 is 20.6. The molecular weight excluding hydrogens is 495 g/mol. The number of methoxy groups -OCH3 is 1. The zero-order chi connectivity index (χ0) is 27.2. The van der Waals surface area contributed by atoms with E-state index in [1.165, 1.54) is 17.7 Å². The maximum absolute atomic E-state index is 13.4. The summed E-state index contributed by atoms with van der Waals surface area (Å²) in [5.41, 5.74) is 3.39. The average molecular weight is 527 g/mol. The normalized spacial score (nSPS) is 12.2. The minimum atomic E-state index is -0.285. The minimum absolute atomic E-state index is 0.127. The number of hydrogen-bond donors (Lipinski definition) is 1. The van der Waals surface area contributed by atoms with Gasteiger partial charge in [0, 0.05) is 29.6 Å². The van der Waals surface area contributed by atoms with Crippen molar-refractivity contribution >= 4 is 10.9 Å². The lowest BCUT2D eigenvalue weighted by Gasteiger charge is -2.30. The molecule has 0 aliphatic heterocycles.